The van der Waals surface area contributed by atoms with Crippen LogP contribution in [0.2, 0.25) is 0 Å². The molecule has 8 heteroatoms. The van der Waals surface area contributed by atoms with Gasteiger partial charge >= 0.3 is 6.03 Å². The molecule has 0 aliphatic rings. The normalized spacial score (nSPS) is 10.7. The summed E-state index contributed by atoms with van der Waals surface area (Å²) in [5.74, 6) is -0.712. The molecule has 0 atom stereocenters. The zero-order valence-corrected chi connectivity index (χ0v) is 18.0. The highest BCUT2D eigenvalue weighted by atomic mass is 79.9. The minimum atomic E-state index is -0.474. The molecule has 1 heterocycles. The number of benzene rings is 3. The summed E-state index contributed by atoms with van der Waals surface area (Å²) in [6, 6.07) is 16.7. The molecule has 0 saturated heterocycles. The lowest BCUT2D eigenvalue weighted by atomic mass is 10.0. The fourth-order valence-corrected chi connectivity index (χ4v) is 3.78. The molecule has 0 aliphatic carbocycles. The van der Waals surface area contributed by atoms with Crippen LogP contribution in [-0.2, 0) is 7.05 Å². The first-order valence-electron chi connectivity index (χ1n) is 9.31. The van der Waals surface area contributed by atoms with Gasteiger partial charge in [-0.15, -0.1) is 0 Å². The van der Waals surface area contributed by atoms with E-state index in [4.69, 9.17) is 0 Å². The Hall–Kier alpha value is -3.52. The van der Waals surface area contributed by atoms with Gasteiger partial charge in [0.2, 0.25) is 0 Å². The molecule has 31 heavy (non-hydrogen) atoms. The van der Waals surface area contributed by atoms with Crippen molar-refractivity contribution in [2.75, 3.05) is 10.6 Å². The van der Waals surface area contributed by atoms with Gasteiger partial charge in [-0.1, -0.05) is 12.1 Å². The van der Waals surface area contributed by atoms with Crippen LogP contribution in [0, 0.1) is 11.6 Å². The number of anilines is 2. The average molecular weight is 483 g/mol. The SMILES string of the molecule is Cn1ncc(Br)c1-c1cc(NC(=O)Nc2ccc(F)cc2)cc(-c2ccc(F)cc2)c1. The van der Waals surface area contributed by atoms with Crippen molar-refractivity contribution in [3.05, 3.63) is 89.0 Å². The first-order valence-corrected chi connectivity index (χ1v) is 10.1. The van der Waals surface area contributed by atoms with Gasteiger partial charge in [0.25, 0.3) is 0 Å². The summed E-state index contributed by atoms with van der Waals surface area (Å²) < 4.78 is 29.0. The van der Waals surface area contributed by atoms with Crippen LogP contribution in [0.1, 0.15) is 0 Å². The van der Waals surface area contributed by atoms with E-state index in [9.17, 15) is 13.6 Å². The van der Waals surface area contributed by atoms with Gasteiger partial charge < -0.3 is 10.6 Å². The van der Waals surface area contributed by atoms with E-state index in [1.54, 1.807) is 29.1 Å². The third kappa shape index (κ3) is 4.80. The summed E-state index contributed by atoms with van der Waals surface area (Å²) in [6.07, 6.45) is 1.69. The molecule has 4 aromatic rings. The fourth-order valence-electron chi connectivity index (χ4n) is 3.21. The van der Waals surface area contributed by atoms with Gasteiger partial charge in [0.1, 0.15) is 11.6 Å². The van der Waals surface area contributed by atoms with Crippen LogP contribution in [0.4, 0.5) is 25.0 Å². The first-order chi connectivity index (χ1) is 14.9. The summed E-state index contributed by atoms with van der Waals surface area (Å²) >= 11 is 3.51. The van der Waals surface area contributed by atoms with E-state index >= 15 is 0 Å². The van der Waals surface area contributed by atoms with Crippen LogP contribution in [0.15, 0.2) is 77.4 Å². The minimum absolute atomic E-state index is 0.327. The van der Waals surface area contributed by atoms with Crippen LogP contribution in [-0.4, -0.2) is 15.8 Å². The zero-order valence-electron chi connectivity index (χ0n) is 16.4. The van der Waals surface area contributed by atoms with Gasteiger partial charge in [0.05, 0.1) is 16.4 Å². The maximum Gasteiger partial charge on any atom is 0.323 e. The van der Waals surface area contributed by atoms with Gasteiger partial charge in [0.15, 0.2) is 0 Å². The number of amides is 2. The van der Waals surface area contributed by atoms with Crippen molar-refractivity contribution in [2.24, 2.45) is 7.05 Å². The van der Waals surface area contributed by atoms with Crippen LogP contribution < -0.4 is 10.6 Å². The molecule has 0 fully saturated rings. The number of carbonyl (C=O) groups excluding carboxylic acids is 1. The van der Waals surface area contributed by atoms with Gasteiger partial charge in [-0.2, -0.15) is 5.10 Å². The summed E-state index contributed by atoms with van der Waals surface area (Å²) in [7, 11) is 1.82. The molecule has 3 aromatic carbocycles. The number of hydrogen-bond acceptors (Lipinski definition) is 2. The molecule has 5 nitrogen and oxygen atoms in total. The maximum absolute atomic E-state index is 13.4. The first kappa shape index (κ1) is 20.7. The van der Waals surface area contributed by atoms with Crippen molar-refractivity contribution in [3.8, 4) is 22.4 Å². The smallest absolute Gasteiger partial charge is 0.308 e. The van der Waals surface area contributed by atoms with Crippen molar-refractivity contribution < 1.29 is 13.6 Å². The summed E-state index contributed by atoms with van der Waals surface area (Å²) in [6.45, 7) is 0. The van der Waals surface area contributed by atoms with Crippen molar-refractivity contribution in [1.82, 2.24) is 9.78 Å². The lowest BCUT2D eigenvalue weighted by Gasteiger charge is -2.13. The molecule has 0 radical (unpaired) electrons. The molecule has 2 amide bonds. The number of hydrogen-bond donors (Lipinski definition) is 2. The summed E-state index contributed by atoms with van der Waals surface area (Å²) in [5, 5.41) is 9.72. The molecule has 0 aliphatic heterocycles. The standard InChI is InChI=1S/C23H17BrF2N4O/c1-30-22(21(24)13-27-30)16-10-15(14-2-4-17(25)5-3-14)11-20(12-16)29-23(31)28-19-8-6-18(26)7-9-19/h2-13H,1H3,(H2,28,29,31). The molecular weight excluding hydrogens is 466 g/mol. The predicted molar refractivity (Wildman–Crippen MR) is 121 cm³/mol. The minimum Gasteiger partial charge on any atom is -0.308 e. The second kappa shape index (κ2) is 8.69. The van der Waals surface area contributed by atoms with E-state index in [0.29, 0.717) is 11.4 Å². The number of aromatic nitrogens is 2. The Labute approximate surface area is 185 Å². The van der Waals surface area contributed by atoms with Gasteiger partial charge in [-0.05, 0) is 81.7 Å². The Bertz CT molecular complexity index is 1220. The number of halogens is 3. The second-order valence-corrected chi connectivity index (χ2v) is 7.71. The van der Waals surface area contributed by atoms with E-state index < -0.39 is 6.03 Å². The van der Waals surface area contributed by atoms with Gasteiger partial charge in [-0.25, -0.2) is 13.6 Å². The van der Waals surface area contributed by atoms with E-state index in [1.807, 2.05) is 19.2 Å². The topological polar surface area (TPSA) is 59.0 Å². The van der Waals surface area contributed by atoms with Crippen LogP contribution in [0.3, 0.4) is 0 Å². The second-order valence-electron chi connectivity index (χ2n) is 6.86. The van der Waals surface area contributed by atoms with Crippen LogP contribution in [0.5, 0.6) is 0 Å². The predicted octanol–water partition coefficient (Wildman–Crippen LogP) is 6.44. The molecule has 4 rings (SSSR count). The van der Waals surface area contributed by atoms with Crippen LogP contribution >= 0.6 is 15.9 Å². The Morgan fingerprint density at radius 1 is 0.839 bits per heavy atom. The van der Waals surface area contributed by atoms with Gasteiger partial charge in [0, 0.05) is 24.0 Å². The molecule has 0 unspecified atom stereocenters. The molecule has 156 valence electrons. The third-order valence-corrected chi connectivity index (χ3v) is 5.22. The Kier molecular flexibility index (Phi) is 5.81. The number of aryl methyl sites for hydroxylation is 1. The molecule has 2 N–H and O–H groups in total. The molecule has 0 bridgehead atoms. The van der Waals surface area contributed by atoms with E-state index in [0.717, 1.165) is 26.9 Å². The van der Waals surface area contributed by atoms with Crippen molar-refractivity contribution in [2.45, 2.75) is 0 Å². The fraction of sp³-hybridized carbons (Fsp3) is 0.0435. The largest absolute Gasteiger partial charge is 0.323 e. The molecular formula is C23H17BrF2N4O. The lowest BCUT2D eigenvalue weighted by molar-refractivity contribution is 0.262. The van der Waals surface area contributed by atoms with Crippen molar-refractivity contribution in [1.29, 1.82) is 0 Å². The quantitative estimate of drug-likeness (QED) is 0.351. The maximum atomic E-state index is 13.4. The number of carbonyl (C=O) groups is 1. The number of urea groups is 1. The third-order valence-electron chi connectivity index (χ3n) is 4.64. The Balaban J connectivity index is 1.69. The van der Waals surface area contributed by atoms with E-state index in [2.05, 4.69) is 31.7 Å². The van der Waals surface area contributed by atoms with E-state index in [-0.39, 0.29) is 11.6 Å². The Morgan fingerprint density at radius 3 is 2.03 bits per heavy atom. The number of rotatable bonds is 4. The number of nitrogens with one attached hydrogen (secondary N) is 2. The highest BCUT2D eigenvalue weighted by Gasteiger charge is 2.13. The zero-order chi connectivity index (χ0) is 22.0. The highest BCUT2D eigenvalue weighted by Crippen LogP contribution is 2.34. The van der Waals surface area contributed by atoms with Crippen molar-refractivity contribution in [3.63, 3.8) is 0 Å². The average Bonchev–Trinajstić information content (AvgIpc) is 3.08. The monoisotopic (exact) mass is 482 g/mol. The molecule has 0 saturated carbocycles. The van der Waals surface area contributed by atoms with Gasteiger partial charge in [-0.3, -0.25) is 4.68 Å². The summed E-state index contributed by atoms with van der Waals surface area (Å²) in [5.41, 5.74) is 4.22. The number of nitrogens with zero attached hydrogens (tertiary/aromatic N) is 2. The summed E-state index contributed by atoms with van der Waals surface area (Å²) in [4.78, 5) is 12.5. The van der Waals surface area contributed by atoms with Crippen molar-refractivity contribution >= 4 is 33.3 Å². The van der Waals surface area contributed by atoms with Crippen LogP contribution in [0.25, 0.3) is 22.4 Å². The lowest BCUT2D eigenvalue weighted by Crippen LogP contribution is -2.19. The van der Waals surface area contributed by atoms with E-state index in [1.165, 1.54) is 36.4 Å². The highest BCUT2D eigenvalue weighted by molar-refractivity contribution is 9.10. The molecule has 1 aromatic heterocycles. The Morgan fingerprint density at radius 2 is 1.42 bits per heavy atom. The molecule has 0 spiro atoms.